The summed E-state index contributed by atoms with van der Waals surface area (Å²) in [6.07, 6.45) is 1.06. The molecule has 98 valence electrons. The number of rotatable bonds is 2. The van der Waals surface area contributed by atoms with Crippen molar-refractivity contribution in [2.45, 2.75) is 6.42 Å². The zero-order chi connectivity index (χ0) is 14.1. The van der Waals surface area contributed by atoms with Gasteiger partial charge in [0.25, 0.3) is 0 Å². The molecule has 0 saturated carbocycles. The molecule has 1 aromatic carbocycles. The highest BCUT2D eigenvalue weighted by Gasteiger charge is 2.17. The third-order valence-electron chi connectivity index (χ3n) is 3.07. The summed E-state index contributed by atoms with van der Waals surface area (Å²) >= 11 is 0. The lowest BCUT2D eigenvalue weighted by atomic mass is 10.0. The predicted octanol–water partition coefficient (Wildman–Crippen LogP) is 2.70. The highest BCUT2D eigenvalue weighted by molar-refractivity contribution is 5.84. The van der Waals surface area contributed by atoms with Gasteiger partial charge in [-0.25, -0.2) is 13.8 Å². The summed E-state index contributed by atoms with van der Waals surface area (Å²) < 4.78 is 27.7. The first-order chi connectivity index (χ1) is 9.70. The molecule has 2 heterocycles. The number of hydrogen-bond donors (Lipinski definition) is 1. The van der Waals surface area contributed by atoms with Crippen LogP contribution in [0.4, 0.5) is 8.78 Å². The Hall–Kier alpha value is -2.81. The van der Waals surface area contributed by atoms with Crippen LogP contribution in [0.15, 0.2) is 30.5 Å². The van der Waals surface area contributed by atoms with Crippen molar-refractivity contribution in [2.24, 2.45) is 0 Å². The molecule has 4 nitrogen and oxygen atoms in total. The number of pyridine rings is 1. The summed E-state index contributed by atoms with van der Waals surface area (Å²) in [6.45, 7) is 0. The summed E-state index contributed by atoms with van der Waals surface area (Å²) in [5, 5.41) is 15.7. The summed E-state index contributed by atoms with van der Waals surface area (Å²) in [6, 6.07) is 8.03. The van der Waals surface area contributed by atoms with E-state index >= 15 is 0 Å². The van der Waals surface area contributed by atoms with E-state index in [2.05, 4.69) is 15.2 Å². The van der Waals surface area contributed by atoms with Gasteiger partial charge in [0, 0.05) is 12.0 Å². The molecule has 0 aliphatic rings. The van der Waals surface area contributed by atoms with Crippen LogP contribution in [0.3, 0.4) is 0 Å². The third kappa shape index (κ3) is 1.89. The molecule has 1 N–H and O–H groups in total. The van der Waals surface area contributed by atoms with Gasteiger partial charge in [-0.2, -0.15) is 10.4 Å². The van der Waals surface area contributed by atoms with Gasteiger partial charge in [0.15, 0.2) is 5.65 Å². The van der Waals surface area contributed by atoms with Crippen LogP contribution in [-0.2, 0) is 6.42 Å². The number of aromatic nitrogens is 3. The van der Waals surface area contributed by atoms with Crippen molar-refractivity contribution in [3.8, 4) is 6.07 Å². The lowest BCUT2D eigenvalue weighted by Crippen LogP contribution is -1.98. The first kappa shape index (κ1) is 12.2. The lowest BCUT2D eigenvalue weighted by molar-refractivity contribution is 0.598. The number of hydrogen-bond acceptors (Lipinski definition) is 3. The second-order valence-electron chi connectivity index (χ2n) is 4.26. The Labute approximate surface area is 112 Å². The van der Waals surface area contributed by atoms with E-state index in [1.165, 1.54) is 6.07 Å². The Morgan fingerprint density at radius 1 is 1.20 bits per heavy atom. The number of halogens is 2. The molecular weight excluding hydrogens is 262 g/mol. The van der Waals surface area contributed by atoms with Crippen molar-refractivity contribution < 1.29 is 8.78 Å². The van der Waals surface area contributed by atoms with Crippen LogP contribution in [0.2, 0.25) is 0 Å². The van der Waals surface area contributed by atoms with E-state index in [4.69, 9.17) is 5.26 Å². The van der Waals surface area contributed by atoms with Crippen molar-refractivity contribution in [1.29, 1.82) is 5.26 Å². The molecule has 2 aromatic heterocycles. The number of aromatic amines is 1. The van der Waals surface area contributed by atoms with Gasteiger partial charge in [-0.15, -0.1) is 0 Å². The molecule has 0 radical (unpaired) electrons. The van der Waals surface area contributed by atoms with Crippen LogP contribution in [0.1, 0.15) is 16.8 Å². The third-order valence-corrected chi connectivity index (χ3v) is 3.07. The van der Waals surface area contributed by atoms with E-state index in [0.717, 1.165) is 6.20 Å². The molecule has 0 unspecified atom stereocenters. The summed E-state index contributed by atoms with van der Waals surface area (Å²) in [7, 11) is 0. The minimum absolute atomic E-state index is 0.0335. The van der Waals surface area contributed by atoms with Crippen molar-refractivity contribution in [2.75, 3.05) is 0 Å². The maximum atomic E-state index is 14.0. The average Bonchev–Trinajstić information content (AvgIpc) is 2.87. The molecule has 0 bridgehead atoms. The molecule has 0 atom stereocenters. The normalized spacial score (nSPS) is 10.7. The minimum Gasteiger partial charge on any atom is -0.265 e. The SMILES string of the molecule is N#Cc1[nH]nc2ncc(F)c(Cc3ccccc3F)c12. The smallest absolute Gasteiger partial charge is 0.182 e. The fourth-order valence-electron chi connectivity index (χ4n) is 2.11. The van der Waals surface area contributed by atoms with Gasteiger partial charge in [-0.3, -0.25) is 5.10 Å². The fourth-order valence-corrected chi connectivity index (χ4v) is 2.11. The molecule has 3 rings (SSSR count). The standard InChI is InChI=1S/C14H8F2N4/c15-10-4-2-1-3-8(10)5-9-11(16)7-18-14-13(9)12(6-17)19-20-14/h1-4,7H,5H2,(H,18,19,20). The molecule has 3 aromatic rings. The number of nitriles is 1. The van der Waals surface area contributed by atoms with Gasteiger partial charge < -0.3 is 0 Å². The van der Waals surface area contributed by atoms with E-state index in [0.29, 0.717) is 10.9 Å². The monoisotopic (exact) mass is 270 g/mol. The number of fused-ring (bicyclic) bond motifs is 1. The highest BCUT2D eigenvalue weighted by Crippen LogP contribution is 2.24. The largest absolute Gasteiger partial charge is 0.265 e. The van der Waals surface area contributed by atoms with Gasteiger partial charge in [-0.05, 0) is 11.6 Å². The van der Waals surface area contributed by atoms with E-state index < -0.39 is 11.6 Å². The Bertz CT molecular complexity index is 833. The maximum absolute atomic E-state index is 14.0. The molecule has 6 heteroatoms. The van der Waals surface area contributed by atoms with Crippen molar-refractivity contribution in [1.82, 2.24) is 15.2 Å². The molecule has 0 saturated heterocycles. The first-order valence-electron chi connectivity index (χ1n) is 5.85. The van der Waals surface area contributed by atoms with Crippen molar-refractivity contribution in [3.63, 3.8) is 0 Å². The molecular formula is C14H8F2N4. The van der Waals surface area contributed by atoms with Gasteiger partial charge in [0.05, 0.1) is 11.6 Å². The van der Waals surface area contributed by atoms with Crippen LogP contribution in [0, 0.1) is 23.0 Å². The van der Waals surface area contributed by atoms with Crippen molar-refractivity contribution >= 4 is 11.0 Å². The molecule has 0 spiro atoms. The van der Waals surface area contributed by atoms with Gasteiger partial charge in [-0.1, -0.05) is 18.2 Å². The van der Waals surface area contributed by atoms with Gasteiger partial charge in [0.2, 0.25) is 0 Å². The number of nitrogens with one attached hydrogen (secondary N) is 1. The molecule has 0 aliphatic heterocycles. The van der Waals surface area contributed by atoms with Crippen LogP contribution in [0.5, 0.6) is 0 Å². The molecule has 0 aliphatic carbocycles. The van der Waals surface area contributed by atoms with Crippen LogP contribution in [-0.4, -0.2) is 15.2 Å². The number of nitrogens with zero attached hydrogens (tertiary/aromatic N) is 3. The van der Waals surface area contributed by atoms with E-state index in [9.17, 15) is 8.78 Å². The topological polar surface area (TPSA) is 65.4 Å². The lowest BCUT2D eigenvalue weighted by Gasteiger charge is -2.06. The van der Waals surface area contributed by atoms with E-state index in [1.807, 2.05) is 6.07 Å². The summed E-state index contributed by atoms with van der Waals surface area (Å²) in [5.74, 6) is -1.00. The Morgan fingerprint density at radius 3 is 2.75 bits per heavy atom. The number of H-pyrrole nitrogens is 1. The van der Waals surface area contributed by atoms with Crippen LogP contribution >= 0.6 is 0 Å². The quantitative estimate of drug-likeness (QED) is 0.778. The van der Waals surface area contributed by atoms with Crippen molar-refractivity contribution in [3.05, 3.63) is 58.9 Å². The molecule has 0 amide bonds. The second kappa shape index (κ2) is 4.70. The second-order valence-corrected chi connectivity index (χ2v) is 4.26. The minimum atomic E-state index is -0.585. The van der Waals surface area contributed by atoms with E-state index in [1.54, 1.807) is 18.2 Å². The van der Waals surface area contributed by atoms with Crippen LogP contribution in [0.25, 0.3) is 11.0 Å². The fraction of sp³-hybridized carbons (Fsp3) is 0.0714. The van der Waals surface area contributed by atoms with E-state index in [-0.39, 0.29) is 23.3 Å². The van der Waals surface area contributed by atoms with Crippen LogP contribution < -0.4 is 0 Å². The Kier molecular flexibility index (Phi) is 2.88. The summed E-state index contributed by atoms with van der Waals surface area (Å²) in [4.78, 5) is 3.81. The maximum Gasteiger partial charge on any atom is 0.182 e. The summed E-state index contributed by atoms with van der Waals surface area (Å²) in [5.41, 5.74) is 0.932. The average molecular weight is 270 g/mol. The number of benzene rings is 1. The van der Waals surface area contributed by atoms with Gasteiger partial charge in [0.1, 0.15) is 23.4 Å². The van der Waals surface area contributed by atoms with Gasteiger partial charge >= 0.3 is 0 Å². The zero-order valence-electron chi connectivity index (χ0n) is 10.2. The first-order valence-corrected chi connectivity index (χ1v) is 5.85. The zero-order valence-corrected chi connectivity index (χ0v) is 10.2. The Balaban J connectivity index is 2.21. The molecule has 20 heavy (non-hydrogen) atoms. The molecule has 0 fully saturated rings. The Morgan fingerprint density at radius 2 is 2.00 bits per heavy atom. The predicted molar refractivity (Wildman–Crippen MR) is 67.8 cm³/mol. The highest BCUT2D eigenvalue weighted by atomic mass is 19.1.